The number of hydrogen-bond acceptors (Lipinski definition) is 2. The van der Waals surface area contributed by atoms with Gasteiger partial charge in [0.25, 0.3) is 0 Å². The van der Waals surface area contributed by atoms with Gasteiger partial charge in [0.1, 0.15) is 5.78 Å². The van der Waals surface area contributed by atoms with Crippen LogP contribution in [0.15, 0.2) is 72.8 Å². The van der Waals surface area contributed by atoms with Gasteiger partial charge < -0.3 is 0 Å². The van der Waals surface area contributed by atoms with Crippen LogP contribution in [0.3, 0.4) is 0 Å². The molecule has 1 aromatic heterocycles. The molecule has 1 unspecified atom stereocenters. The zero-order chi connectivity index (χ0) is 24.2. The lowest BCUT2D eigenvalue weighted by Crippen LogP contribution is -2.15. The minimum Gasteiger partial charge on any atom is -0.299 e. The second kappa shape index (κ2) is 15.3. The summed E-state index contributed by atoms with van der Waals surface area (Å²) >= 11 is 0. The molecule has 1 atom stereocenters. The minimum absolute atomic E-state index is 0. The number of aryl methyl sites for hydroxylation is 1. The van der Waals surface area contributed by atoms with Gasteiger partial charge in [-0.25, -0.2) is 0 Å². The highest BCUT2D eigenvalue weighted by atomic mass is 16.1. The molecule has 0 radical (unpaired) electrons. The molecule has 1 fully saturated rings. The molecule has 3 aromatic rings. The van der Waals surface area contributed by atoms with E-state index in [1.807, 2.05) is 26.0 Å². The molecule has 1 aliphatic rings. The van der Waals surface area contributed by atoms with E-state index in [-0.39, 0.29) is 13.3 Å². The molecule has 1 heterocycles. The van der Waals surface area contributed by atoms with Gasteiger partial charge in [0.05, 0.1) is 5.69 Å². The molecule has 35 heavy (non-hydrogen) atoms. The van der Waals surface area contributed by atoms with E-state index in [1.165, 1.54) is 37.7 Å². The van der Waals surface area contributed by atoms with E-state index < -0.39 is 0 Å². The predicted octanol–water partition coefficient (Wildman–Crippen LogP) is 9.58. The van der Waals surface area contributed by atoms with Crippen molar-refractivity contribution in [1.82, 2.24) is 4.98 Å². The standard InChI is InChI=1S/C30H35NO.C2H6.CH4/c1-23(29(32)22-18-24-11-5-2-6-12-24)17-19-27-20-21-28(25-13-7-3-8-14-25)30(31-27)26-15-9-4-10-16-26;1-2;/h3-4,7-10,13-16,20-21,23-24H,2,5-6,11-12,17-19,22H2,1H3;1-2H3;1H4. The molecule has 0 aliphatic heterocycles. The Balaban J connectivity index is 0.00000140. The second-order valence-corrected chi connectivity index (χ2v) is 9.38. The maximum atomic E-state index is 12.7. The molecule has 2 aromatic carbocycles. The highest BCUT2D eigenvalue weighted by molar-refractivity contribution is 5.81. The average Bonchev–Trinajstić information content (AvgIpc) is 2.93. The first-order valence-electron chi connectivity index (χ1n) is 13.3. The summed E-state index contributed by atoms with van der Waals surface area (Å²) in [6, 6.07) is 25.2. The highest BCUT2D eigenvalue weighted by Crippen LogP contribution is 2.31. The van der Waals surface area contributed by atoms with E-state index in [0.29, 0.717) is 5.78 Å². The first kappa shape index (κ1) is 28.5. The summed E-state index contributed by atoms with van der Waals surface area (Å²) in [6.07, 6.45) is 10.3. The summed E-state index contributed by atoms with van der Waals surface area (Å²) in [7, 11) is 0. The summed E-state index contributed by atoms with van der Waals surface area (Å²) in [5, 5.41) is 0. The van der Waals surface area contributed by atoms with Crippen LogP contribution in [0.2, 0.25) is 0 Å². The minimum atomic E-state index is 0. The van der Waals surface area contributed by atoms with Gasteiger partial charge in [-0.15, -0.1) is 0 Å². The zero-order valence-corrected chi connectivity index (χ0v) is 21.3. The number of aromatic nitrogens is 1. The van der Waals surface area contributed by atoms with Crippen molar-refractivity contribution in [3.63, 3.8) is 0 Å². The summed E-state index contributed by atoms with van der Waals surface area (Å²) < 4.78 is 0. The Bertz CT molecular complexity index is 990. The Morgan fingerprint density at radius 2 is 1.46 bits per heavy atom. The lowest BCUT2D eigenvalue weighted by molar-refractivity contribution is -0.122. The molecule has 1 aliphatic carbocycles. The van der Waals surface area contributed by atoms with E-state index in [4.69, 9.17) is 4.98 Å². The van der Waals surface area contributed by atoms with Crippen molar-refractivity contribution < 1.29 is 4.79 Å². The van der Waals surface area contributed by atoms with Gasteiger partial charge in [-0.3, -0.25) is 9.78 Å². The Hall–Kier alpha value is -2.74. The van der Waals surface area contributed by atoms with Crippen molar-refractivity contribution in [1.29, 1.82) is 0 Å². The molecule has 0 amide bonds. The number of ketones is 1. The van der Waals surface area contributed by atoms with Crippen LogP contribution in [0, 0.1) is 11.8 Å². The molecule has 0 saturated heterocycles. The Morgan fingerprint density at radius 3 is 2.09 bits per heavy atom. The van der Waals surface area contributed by atoms with E-state index in [9.17, 15) is 4.79 Å². The van der Waals surface area contributed by atoms with Crippen molar-refractivity contribution in [3.05, 3.63) is 78.5 Å². The fourth-order valence-electron chi connectivity index (χ4n) is 4.90. The summed E-state index contributed by atoms with van der Waals surface area (Å²) in [4.78, 5) is 17.8. The lowest BCUT2D eigenvalue weighted by Gasteiger charge is -2.21. The SMILES string of the molecule is C.CC.CC(CCc1ccc(-c2ccccc2)c(-c2ccccc2)n1)C(=O)CCC1CCCCC1. The Morgan fingerprint density at radius 1 is 0.857 bits per heavy atom. The maximum absolute atomic E-state index is 12.7. The number of carbonyl (C=O) groups excluding carboxylic acids is 1. The van der Waals surface area contributed by atoms with E-state index in [2.05, 4.69) is 67.6 Å². The van der Waals surface area contributed by atoms with Gasteiger partial charge in [0, 0.05) is 29.2 Å². The zero-order valence-electron chi connectivity index (χ0n) is 21.3. The normalized spacial score (nSPS) is 14.3. The lowest BCUT2D eigenvalue weighted by atomic mass is 9.84. The number of benzene rings is 2. The fourth-order valence-corrected chi connectivity index (χ4v) is 4.90. The first-order valence-corrected chi connectivity index (χ1v) is 13.3. The number of pyridine rings is 1. The third-order valence-corrected chi connectivity index (χ3v) is 6.99. The van der Waals surface area contributed by atoms with Crippen molar-refractivity contribution in [2.24, 2.45) is 11.8 Å². The molecule has 0 spiro atoms. The fraction of sp³-hybridized carbons (Fsp3) is 0.455. The molecule has 4 rings (SSSR count). The Kier molecular flexibility index (Phi) is 12.5. The van der Waals surface area contributed by atoms with Crippen LogP contribution in [-0.2, 0) is 11.2 Å². The third-order valence-electron chi connectivity index (χ3n) is 6.99. The average molecular weight is 472 g/mol. The largest absolute Gasteiger partial charge is 0.299 e. The smallest absolute Gasteiger partial charge is 0.135 e. The molecule has 188 valence electrons. The van der Waals surface area contributed by atoms with Gasteiger partial charge in [-0.2, -0.15) is 0 Å². The van der Waals surface area contributed by atoms with Crippen molar-refractivity contribution in [3.8, 4) is 22.4 Å². The van der Waals surface area contributed by atoms with Crippen LogP contribution >= 0.6 is 0 Å². The molecule has 0 bridgehead atoms. The molecule has 2 heteroatoms. The first-order chi connectivity index (χ1) is 16.7. The number of hydrogen-bond donors (Lipinski definition) is 0. The number of nitrogens with zero attached hydrogens (tertiary/aromatic N) is 1. The maximum Gasteiger partial charge on any atom is 0.135 e. The van der Waals surface area contributed by atoms with Crippen LogP contribution in [0.1, 0.15) is 85.3 Å². The molecular formula is C33H45NO. The van der Waals surface area contributed by atoms with Gasteiger partial charge in [-0.1, -0.05) is 127 Å². The Labute approximate surface area is 214 Å². The number of Topliss-reactive ketones (excluding diaryl/α,β-unsaturated/α-hetero) is 1. The van der Waals surface area contributed by atoms with Crippen molar-refractivity contribution >= 4 is 5.78 Å². The predicted molar refractivity (Wildman–Crippen MR) is 151 cm³/mol. The van der Waals surface area contributed by atoms with Crippen molar-refractivity contribution in [2.75, 3.05) is 0 Å². The van der Waals surface area contributed by atoms with Crippen LogP contribution < -0.4 is 0 Å². The van der Waals surface area contributed by atoms with Gasteiger partial charge in [0.2, 0.25) is 0 Å². The summed E-state index contributed by atoms with van der Waals surface area (Å²) in [5.41, 5.74) is 5.54. The monoisotopic (exact) mass is 471 g/mol. The topological polar surface area (TPSA) is 30.0 Å². The highest BCUT2D eigenvalue weighted by Gasteiger charge is 2.18. The van der Waals surface area contributed by atoms with E-state index >= 15 is 0 Å². The number of carbonyl (C=O) groups is 1. The van der Waals surface area contributed by atoms with E-state index in [0.717, 1.165) is 54.1 Å². The molecule has 1 saturated carbocycles. The third kappa shape index (κ3) is 8.46. The van der Waals surface area contributed by atoms with Gasteiger partial charge in [0.15, 0.2) is 0 Å². The van der Waals surface area contributed by atoms with Crippen LogP contribution in [-0.4, -0.2) is 10.8 Å². The summed E-state index contributed by atoms with van der Waals surface area (Å²) in [6.45, 7) is 6.10. The summed E-state index contributed by atoms with van der Waals surface area (Å²) in [5.74, 6) is 1.31. The van der Waals surface area contributed by atoms with Crippen molar-refractivity contribution in [2.45, 2.75) is 86.0 Å². The van der Waals surface area contributed by atoms with Crippen LogP contribution in [0.4, 0.5) is 0 Å². The van der Waals surface area contributed by atoms with Crippen LogP contribution in [0.25, 0.3) is 22.4 Å². The quantitative estimate of drug-likeness (QED) is 0.311. The second-order valence-electron chi connectivity index (χ2n) is 9.38. The number of rotatable bonds is 9. The van der Waals surface area contributed by atoms with E-state index in [1.54, 1.807) is 0 Å². The van der Waals surface area contributed by atoms with Gasteiger partial charge in [-0.05, 0) is 36.8 Å². The molecule has 0 N–H and O–H groups in total. The molecule has 2 nitrogen and oxygen atoms in total. The van der Waals surface area contributed by atoms with Gasteiger partial charge >= 0.3 is 0 Å². The molecular weight excluding hydrogens is 426 g/mol. The van der Waals surface area contributed by atoms with Crippen LogP contribution in [0.5, 0.6) is 0 Å².